The van der Waals surface area contributed by atoms with Crippen molar-refractivity contribution in [3.05, 3.63) is 95.6 Å². The van der Waals surface area contributed by atoms with Gasteiger partial charge in [0.2, 0.25) is 5.91 Å². The number of hydrogen-bond donors (Lipinski definition) is 2. The van der Waals surface area contributed by atoms with Crippen LogP contribution >= 0.6 is 11.8 Å². The first kappa shape index (κ1) is 22.6. The molecule has 6 heteroatoms. The fourth-order valence-electron chi connectivity index (χ4n) is 3.69. The summed E-state index contributed by atoms with van der Waals surface area (Å²) in [4.78, 5) is 12.7. The molecule has 0 unspecified atom stereocenters. The molecule has 1 aliphatic heterocycles. The van der Waals surface area contributed by atoms with Crippen LogP contribution in [0.3, 0.4) is 0 Å². The van der Waals surface area contributed by atoms with Crippen molar-refractivity contribution in [2.75, 3.05) is 11.1 Å². The van der Waals surface area contributed by atoms with Gasteiger partial charge in [-0.15, -0.1) is 11.8 Å². The Kier molecular flexibility index (Phi) is 7.60. The van der Waals surface area contributed by atoms with Gasteiger partial charge in [-0.05, 0) is 35.4 Å². The third-order valence-electron chi connectivity index (χ3n) is 5.27. The average Bonchev–Trinajstić information content (AvgIpc) is 2.83. The van der Waals surface area contributed by atoms with Crippen LogP contribution in [0.1, 0.15) is 42.4 Å². The molecule has 0 radical (unpaired) electrons. The van der Waals surface area contributed by atoms with Crippen LogP contribution in [-0.4, -0.2) is 22.9 Å². The van der Waals surface area contributed by atoms with E-state index in [1.165, 1.54) is 11.8 Å². The van der Waals surface area contributed by atoms with E-state index in [4.69, 9.17) is 9.47 Å². The molecule has 1 saturated heterocycles. The Morgan fingerprint density at radius 2 is 1.78 bits per heavy atom. The molecule has 1 aliphatic rings. The number of carbonyl (C=O) groups excluding carboxylic acids is 1. The molecule has 1 heterocycles. The predicted octanol–water partition coefficient (Wildman–Crippen LogP) is 5.48. The van der Waals surface area contributed by atoms with Gasteiger partial charge in [-0.25, -0.2) is 0 Å². The van der Waals surface area contributed by atoms with Crippen molar-refractivity contribution in [1.82, 2.24) is 0 Å². The van der Waals surface area contributed by atoms with Crippen LogP contribution in [0.25, 0.3) is 0 Å². The van der Waals surface area contributed by atoms with Crippen LogP contribution in [-0.2, 0) is 20.9 Å². The first-order chi connectivity index (χ1) is 15.6. The van der Waals surface area contributed by atoms with Crippen molar-refractivity contribution >= 4 is 23.4 Å². The zero-order valence-corrected chi connectivity index (χ0v) is 18.8. The molecule has 1 amide bonds. The number of rotatable bonds is 7. The van der Waals surface area contributed by atoms with Crippen LogP contribution < -0.4 is 5.32 Å². The molecule has 3 aromatic rings. The van der Waals surface area contributed by atoms with E-state index in [2.05, 4.69) is 17.4 Å². The smallest absolute Gasteiger partial charge is 0.221 e. The number of carbonyl (C=O) groups is 1. The normalized spacial score (nSPS) is 20.6. The third-order valence-corrected chi connectivity index (χ3v) is 6.42. The maximum Gasteiger partial charge on any atom is 0.221 e. The number of nitrogens with one attached hydrogen (secondary N) is 1. The quantitative estimate of drug-likeness (QED) is 0.468. The van der Waals surface area contributed by atoms with Gasteiger partial charge in [0.05, 0.1) is 18.8 Å². The molecule has 166 valence electrons. The number of aliphatic hydroxyl groups is 1. The molecule has 0 saturated carbocycles. The molecule has 5 nitrogen and oxygen atoms in total. The highest BCUT2D eigenvalue weighted by Crippen LogP contribution is 2.39. The Hall–Kier alpha value is -2.64. The fraction of sp³-hybridized carbons (Fsp3) is 0.269. The predicted molar refractivity (Wildman–Crippen MR) is 126 cm³/mol. The van der Waals surface area contributed by atoms with Gasteiger partial charge in [-0.2, -0.15) is 0 Å². The summed E-state index contributed by atoms with van der Waals surface area (Å²) in [5.74, 6) is 0.687. The lowest BCUT2D eigenvalue weighted by molar-refractivity contribution is -0.245. The van der Waals surface area contributed by atoms with Gasteiger partial charge in [0.1, 0.15) is 0 Å². The Balaban J connectivity index is 1.55. The monoisotopic (exact) mass is 449 g/mol. The van der Waals surface area contributed by atoms with E-state index in [0.717, 1.165) is 28.9 Å². The highest BCUT2D eigenvalue weighted by molar-refractivity contribution is 7.99. The fourth-order valence-corrected chi connectivity index (χ4v) is 4.64. The van der Waals surface area contributed by atoms with Gasteiger partial charge in [0.25, 0.3) is 0 Å². The summed E-state index contributed by atoms with van der Waals surface area (Å²) >= 11 is 1.77. The number of thioether (sulfide) groups is 1. The molecule has 3 atom stereocenters. The van der Waals surface area contributed by atoms with Gasteiger partial charge in [-0.1, -0.05) is 54.6 Å². The number of ether oxygens (including phenoxy) is 2. The zero-order valence-electron chi connectivity index (χ0n) is 17.9. The largest absolute Gasteiger partial charge is 0.392 e. The molecule has 0 aromatic heterocycles. The molecule has 0 bridgehead atoms. The lowest BCUT2D eigenvalue weighted by atomic mass is 10.0. The van der Waals surface area contributed by atoms with Crippen molar-refractivity contribution in [1.29, 1.82) is 0 Å². The summed E-state index contributed by atoms with van der Waals surface area (Å²) in [6, 6.07) is 25.7. The molecule has 32 heavy (non-hydrogen) atoms. The van der Waals surface area contributed by atoms with Gasteiger partial charge >= 0.3 is 0 Å². The Bertz CT molecular complexity index is 1030. The van der Waals surface area contributed by atoms with E-state index < -0.39 is 6.29 Å². The zero-order chi connectivity index (χ0) is 22.3. The van der Waals surface area contributed by atoms with Crippen LogP contribution in [0.2, 0.25) is 0 Å². The number of amides is 1. The molecule has 1 fully saturated rings. The second-order valence-electron chi connectivity index (χ2n) is 7.78. The van der Waals surface area contributed by atoms with E-state index in [0.29, 0.717) is 5.69 Å². The van der Waals surface area contributed by atoms with Gasteiger partial charge in [-0.3, -0.25) is 4.79 Å². The topological polar surface area (TPSA) is 67.8 Å². The minimum atomic E-state index is -0.540. The van der Waals surface area contributed by atoms with Gasteiger partial charge in [0.15, 0.2) is 6.29 Å². The summed E-state index contributed by atoms with van der Waals surface area (Å²) in [6.07, 6.45) is 0.0553. The summed E-state index contributed by atoms with van der Waals surface area (Å²) in [7, 11) is 0. The highest BCUT2D eigenvalue weighted by atomic mass is 32.2. The SMILES string of the molecule is CC(=O)Nc1cccc([C@@H]2O[C@H](CSc3ccccc3)C[C@H](c3ccc(CO)cc3)O2)c1. The Morgan fingerprint density at radius 1 is 1.00 bits per heavy atom. The summed E-state index contributed by atoms with van der Waals surface area (Å²) < 4.78 is 12.7. The van der Waals surface area contributed by atoms with Crippen LogP contribution in [0, 0.1) is 0 Å². The standard InChI is InChI=1S/C26H27NO4S/c1-18(29)27-22-7-5-6-21(14-22)26-30-23(17-32-24-8-3-2-4-9-24)15-25(31-26)20-12-10-19(16-28)11-13-20/h2-14,23,25-26,28H,15-17H2,1H3,(H,27,29)/t23-,25+,26+/m0/s1. The van der Waals surface area contributed by atoms with Gasteiger partial charge in [0, 0.05) is 35.2 Å². The molecule has 0 spiro atoms. The molecular weight excluding hydrogens is 422 g/mol. The lowest BCUT2D eigenvalue weighted by Gasteiger charge is -2.36. The van der Waals surface area contributed by atoms with E-state index in [1.54, 1.807) is 11.8 Å². The van der Waals surface area contributed by atoms with E-state index in [-0.39, 0.29) is 24.7 Å². The molecular formula is C26H27NO4S. The van der Waals surface area contributed by atoms with E-state index >= 15 is 0 Å². The first-order valence-corrected chi connectivity index (χ1v) is 11.7. The molecule has 4 rings (SSSR count). The second-order valence-corrected chi connectivity index (χ2v) is 8.87. The van der Waals surface area contributed by atoms with E-state index in [1.807, 2.05) is 66.7 Å². The average molecular weight is 450 g/mol. The number of anilines is 1. The number of hydrogen-bond acceptors (Lipinski definition) is 5. The van der Waals surface area contributed by atoms with Crippen molar-refractivity contribution in [2.24, 2.45) is 0 Å². The number of benzene rings is 3. The Morgan fingerprint density at radius 3 is 2.50 bits per heavy atom. The van der Waals surface area contributed by atoms with Crippen molar-refractivity contribution in [2.45, 2.75) is 43.3 Å². The molecule has 0 aliphatic carbocycles. The third kappa shape index (κ3) is 5.99. The summed E-state index contributed by atoms with van der Waals surface area (Å²) in [6.45, 7) is 1.51. The summed E-state index contributed by atoms with van der Waals surface area (Å²) in [5, 5.41) is 12.2. The maximum atomic E-state index is 11.5. The highest BCUT2D eigenvalue weighted by Gasteiger charge is 2.32. The van der Waals surface area contributed by atoms with Crippen molar-refractivity contribution in [3.63, 3.8) is 0 Å². The van der Waals surface area contributed by atoms with Crippen molar-refractivity contribution < 1.29 is 19.4 Å². The minimum absolute atomic E-state index is 0.00843. The molecule has 2 N–H and O–H groups in total. The first-order valence-electron chi connectivity index (χ1n) is 10.7. The lowest BCUT2D eigenvalue weighted by Crippen LogP contribution is -2.31. The Labute approximate surface area is 192 Å². The molecule has 3 aromatic carbocycles. The van der Waals surface area contributed by atoms with Crippen LogP contribution in [0.4, 0.5) is 5.69 Å². The minimum Gasteiger partial charge on any atom is -0.392 e. The van der Waals surface area contributed by atoms with Crippen LogP contribution in [0.15, 0.2) is 83.8 Å². The summed E-state index contributed by atoms with van der Waals surface area (Å²) in [5.41, 5.74) is 3.51. The van der Waals surface area contributed by atoms with Crippen LogP contribution in [0.5, 0.6) is 0 Å². The maximum absolute atomic E-state index is 11.5. The van der Waals surface area contributed by atoms with E-state index in [9.17, 15) is 9.90 Å². The number of aliphatic hydroxyl groups excluding tert-OH is 1. The van der Waals surface area contributed by atoms with Gasteiger partial charge < -0.3 is 19.9 Å². The second kappa shape index (κ2) is 10.8. The van der Waals surface area contributed by atoms with Crippen molar-refractivity contribution in [3.8, 4) is 0 Å².